The van der Waals surface area contributed by atoms with Gasteiger partial charge in [0.25, 0.3) is 0 Å². The van der Waals surface area contributed by atoms with E-state index in [4.69, 9.17) is 14.6 Å². The largest absolute Gasteiger partial charge is 0.491 e. The number of aliphatic carboxylic acids is 1. The number of anilines is 1. The molecular weight excluding hydrogens is 573 g/mol. The second-order valence-electron chi connectivity index (χ2n) is 11.6. The van der Waals surface area contributed by atoms with Gasteiger partial charge in [0.1, 0.15) is 29.5 Å². The Morgan fingerprint density at radius 1 is 1.05 bits per heavy atom. The lowest BCUT2D eigenvalue weighted by atomic mass is 9.93. The Kier molecular flexibility index (Phi) is 10.0. The molecule has 1 aliphatic rings. The molecule has 8 nitrogen and oxygen atoms in total. The van der Waals surface area contributed by atoms with E-state index in [9.17, 15) is 22.7 Å². The number of aliphatic hydroxyl groups is 1. The molecule has 1 fully saturated rings. The second-order valence-corrected chi connectivity index (χ2v) is 14.0. The van der Waals surface area contributed by atoms with Crippen molar-refractivity contribution in [1.29, 1.82) is 0 Å². The number of aryl methyl sites for hydroxylation is 3. The van der Waals surface area contributed by atoms with Gasteiger partial charge in [0.05, 0.1) is 17.6 Å². The van der Waals surface area contributed by atoms with E-state index in [1.807, 2.05) is 58.0 Å². The number of carboxylic acid groups (broad SMARTS) is 1. The summed E-state index contributed by atoms with van der Waals surface area (Å²) in [6.45, 7) is 8.34. The zero-order chi connectivity index (χ0) is 31.4. The van der Waals surface area contributed by atoms with Gasteiger partial charge in [-0.25, -0.2) is 12.8 Å². The minimum atomic E-state index is -3.10. The van der Waals surface area contributed by atoms with E-state index >= 15 is 0 Å². The molecule has 1 aliphatic heterocycles. The van der Waals surface area contributed by atoms with Crippen molar-refractivity contribution < 1.29 is 37.3 Å². The summed E-state index contributed by atoms with van der Waals surface area (Å²) in [4.78, 5) is 10.8. The van der Waals surface area contributed by atoms with Gasteiger partial charge in [0.2, 0.25) is 0 Å². The summed E-state index contributed by atoms with van der Waals surface area (Å²) in [7, 11) is -3.10. The molecule has 1 saturated heterocycles. The Labute approximate surface area is 252 Å². The highest BCUT2D eigenvalue weighted by atomic mass is 32.2. The third kappa shape index (κ3) is 8.70. The number of sulfone groups is 1. The number of halogens is 1. The molecule has 0 saturated carbocycles. The number of ether oxygens (including phenoxy) is 2. The van der Waals surface area contributed by atoms with Crippen LogP contribution < -0.4 is 14.8 Å². The topological polar surface area (TPSA) is 122 Å². The van der Waals surface area contributed by atoms with E-state index < -0.39 is 27.2 Å². The van der Waals surface area contributed by atoms with E-state index in [0.717, 1.165) is 33.6 Å². The Bertz CT molecular complexity index is 1550. The minimum absolute atomic E-state index is 0.0186. The average Bonchev–Trinajstić information content (AvgIpc) is 2.92. The molecule has 0 amide bonds. The molecule has 0 bridgehead atoms. The van der Waals surface area contributed by atoms with Gasteiger partial charge >= 0.3 is 5.97 Å². The fraction of sp³-hybridized carbons (Fsp3) is 0.424. The van der Waals surface area contributed by atoms with Gasteiger partial charge in [0.15, 0.2) is 9.84 Å². The van der Waals surface area contributed by atoms with Gasteiger partial charge in [-0.2, -0.15) is 0 Å². The van der Waals surface area contributed by atoms with Crippen LogP contribution in [0.25, 0.3) is 11.1 Å². The second kappa shape index (κ2) is 13.3. The molecule has 0 aromatic heterocycles. The van der Waals surface area contributed by atoms with Gasteiger partial charge in [-0.3, -0.25) is 4.79 Å². The molecule has 10 heteroatoms. The van der Waals surface area contributed by atoms with Gasteiger partial charge in [-0.15, -0.1) is 0 Å². The number of carbonyl (C=O) groups is 1. The van der Waals surface area contributed by atoms with Crippen LogP contribution in [0.15, 0.2) is 48.5 Å². The number of rotatable bonds is 12. The van der Waals surface area contributed by atoms with Crippen molar-refractivity contribution in [2.24, 2.45) is 0 Å². The van der Waals surface area contributed by atoms with Crippen LogP contribution in [-0.4, -0.2) is 54.4 Å². The van der Waals surface area contributed by atoms with E-state index in [1.165, 1.54) is 6.07 Å². The monoisotopic (exact) mass is 613 g/mol. The predicted octanol–water partition coefficient (Wildman–Crippen LogP) is 5.84. The van der Waals surface area contributed by atoms with Crippen LogP contribution in [0.3, 0.4) is 0 Å². The van der Waals surface area contributed by atoms with Crippen molar-refractivity contribution in [3.05, 3.63) is 76.6 Å². The smallest absolute Gasteiger partial charge is 0.303 e. The third-order valence-corrected chi connectivity index (χ3v) is 9.26. The number of hydrogen-bond donors (Lipinski definition) is 3. The number of benzene rings is 3. The molecule has 1 heterocycles. The fourth-order valence-corrected chi connectivity index (χ4v) is 6.84. The van der Waals surface area contributed by atoms with Gasteiger partial charge in [-0.05, 0) is 111 Å². The lowest BCUT2D eigenvalue weighted by Crippen LogP contribution is -2.43. The van der Waals surface area contributed by atoms with Crippen LogP contribution in [0.5, 0.6) is 11.5 Å². The van der Waals surface area contributed by atoms with Crippen LogP contribution in [0.4, 0.5) is 10.1 Å². The van der Waals surface area contributed by atoms with Crippen molar-refractivity contribution in [3.8, 4) is 22.6 Å². The third-order valence-electron chi connectivity index (χ3n) is 7.60. The average molecular weight is 614 g/mol. The SMILES string of the molecule is Cc1cc(OCC2(O)CCS(=O)(=O)CC2)cc(C)c1-c1cc(CNc2ccc(CCC(=O)O)c(F)c2)ccc1OC(C)C. The van der Waals surface area contributed by atoms with Gasteiger partial charge in [0, 0.05) is 24.2 Å². The predicted molar refractivity (Wildman–Crippen MR) is 165 cm³/mol. The molecule has 4 rings (SSSR count). The van der Waals surface area contributed by atoms with Crippen molar-refractivity contribution in [2.75, 3.05) is 23.4 Å². The van der Waals surface area contributed by atoms with E-state index in [-0.39, 0.29) is 49.9 Å². The maximum atomic E-state index is 14.5. The van der Waals surface area contributed by atoms with Gasteiger partial charge < -0.3 is 25.0 Å². The summed E-state index contributed by atoms with van der Waals surface area (Å²) in [6, 6.07) is 14.5. The standard InChI is InChI=1S/C33H40FNO7S/c1-21(2)42-30-9-5-24(19-35-26-8-6-25(29(34)18-26)7-10-31(36)37)17-28(30)32-22(3)15-27(16-23(32)4)41-20-33(38)11-13-43(39,40)14-12-33/h5-6,8-9,15-18,21,35,38H,7,10-14,19-20H2,1-4H3,(H,36,37). The van der Waals surface area contributed by atoms with Crippen LogP contribution in [0.2, 0.25) is 0 Å². The first-order chi connectivity index (χ1) is 20.2. The quantitative estimate of drug-likeness (QED) is 0.233. The molecule has 0 radical (unpaired) electrons. The van der Waals surface area contributed by atoms with E-state index in [2.05, 4.69) is 5.32 Å². The highest BCUT2D eigenvalue weighted by molar-refractivity contribution is 7.91. The van der Waals surface area contributed by atoms with Crippen molar-refractivity contribution in [2.45, 2.75) is 71.6 Å². The molecule has 0 spiro atoms. The van der Waals surface area contributed by atoms with E-state index in [0.29, 0.717) is 23.5 Å². The van der Waals surface area contributed by atoms with Crippen molar-refractivity contribution in [3.63, 3.8) is 0 Å². The van der Waals surface area contributed by atoms with Crippen LogP contribution >= 0.6 is 0 Å². The molecule has 3 aromatic rings. The fourth-order valence-electron chi connectivity index (χ4n) is 5.26. The van der Waals surface area contributed by atoms with E-state index in [1.54, 1.807) is 12.1 Å². The highest BCUT2D eigenvalue weighted by Gasteiger charge is 2.36. The Hall–Kier alpha value is -3.63. The van der Waals surface area contributed by atoms with Gasteiger partial charge in [-0.1, -0.05) is 12.1 Å². The summed E-state index contributed by atoms with van der Waals surface area (Å²) in [5.74, 6) is -0.167. The maximum Gasteiger partial charge on any atom is 0.303 e. The summed E-state index contributed by atoms with van der Waals surface area (Å²) >= 11 is 0. The van der Waals surface area contributed by atoms with Crippen LogP contribution in [0.1, 0.15) is 55.4 Å². The first-order valence-corrected chi connectivity index (χ1v) is 16.3. The highest BCUT2D eigenvalue weighted by Crippen LogP contribution is 2.38. The molecule has 3 N–H and O–H groups in total. The lowest BCUT2D eigenvalue weighted by Gasteiger charge is -2.31. The summed E-state index contributed by atoms with van der Waals surface area (Å²) < 4.78 is 50.2. The molecule has 0 unspecified atom stereocenters. The molecule has 232 valence electrons. The summed E-state index contributed by atoms with van der Waals surface area (Å²) in [5.41, 5.74) is 4.53. The number of hydrogen-bond acceptors (Lipinski definition) is 7. The minimum Gasteiger partial charge on any atom is -0.491 e. The molecular formula is C33H40FNO7S. The summed E-state index contributed by atoms with van der Waals surface area (Å²) in [5, 5.41) is 23.0. The Balaban J connectivity index is 1.53. The molecule has 43 heavy (non-hydrogen) atoms. The Morgan fingerprint density at radius 2 is 1.72 bits per heavy atom. The normalized spacial score (nSPS) is 15.7. The number of carboxylic acids is 1. The summed E-state index contributed by atoms with van der Waals surface area (Å²) in [6.07, 6.45) is 0.273. The first kappa shape index (κ1) is 32.3. The van der Waals surface area contributed by atoms with Crippen molar-refractivity contribution in [1.82, 2.24) is 0 Å². The zero-order valence-electron chi connectivity index (χ0n) is 25.1. The van der Waals surface area contributed by atoms with Crippen LogP contribution in [0, 0.1) is 19.7 Å². The van der Waals surface area contributed by atoms with Crippen molar-refractivity contribution >= 4 is 21.5 Å². The first-order valence-electron chi connectivity index (χ1n) is 14.4. The Morgan fingerprint density at radius 3 is 2.33 bits per heavy atom. The zero-order valence-corrected chi connectivity index (χ0v) is 25.9. The van der Waals surface area contributed by atoms with Crippen LogP contribution in [-0.2, 0) is 27.6 Å². The molecule has 0 atom stereocenters. The number of nitrogens with one attached hydrogen (secondary N) is 1. The lowest BCUT2D eigenvalue weighted by molar-refractivity contribution is -0.136. The maximum absolute atomic E-state index is 14.5. The molecule has 3 aromatic carbocycles. The molecule has 0 aliphatic carbocycles.